The number of hydrogen-bond donors (Lipinski definition) is 20. The summed E-state index contributed by atoms with van der Waals surface area (Å²) in [6, 6.07) is -6.40. The minimum absolute atomic E-state index is 0.749. The fourth-order valence-corrected chi connectivity index (χ4v) is 12.0. The molecule has 49 nitrogen and oxygen atoms in total. The van der Waals surface area contributed by atoms with Gasteiger partial charge in [0.05, 0.1) is 39.6 Å². The highest BCUT2D eigenvalue weighted by molar-refractivity contribution is 7.81. The Bertz CT molecular complexity index is 3200. The molecule has 54 heteroatoms. The van der Waals surface area contributed by atoms with E-state index in [0.717, 1.165) is 20.8 Å². The first-order valence-corrected chi connectivity index (χ1v) is 34.2. The normalized spacial score (nSPS) is 41.5. The topological polar surface area (TPSA) is 750 Å². The van der Waals surface area contributed by atoms with E-state index in [1.165, 1.54) is 0 Å². The summed E-state index contributed by atoms with van der Waals surface area (Å²) in [7, 11) is -27.6. The zero-order valence-electron chi connectivity index (χ0n) is 49.0. The predicted molar refractivity (Wildman–Crippen MR) is 286 cm³/mol. The molecule has 20 N–H and O–H groups in total. The second-order valence-corrected chi connectivity index (χ2v) is 27.1. The van der Waals surface area contributed by atoms with Gasteiger partial charge < -0.3 is 129 Å². The molecule has 0 aliphatic carbocycles. The molecule has 0 spiro atoms. The Kier molecular flexibility index (Phi) is 28.4. The van der Waals surface area contributed by atoms with Crippen LogP contribution in [0.4, 0.5) is 0 Å². The first kappa shape index (κ1) is 81.8. The quantitative estimate of drug-likeness (QED) is 0.0309. The van der Waals surface area contributed by atoms with E-state index in [9.17, 15) is 136 Å². The van der Waals surface area contributed by atoms with Crippen LogP contribution in [0.25, 0.3) is 0 Å². The Hall–Kier alpha value is -3.16. The van der Waals surface area contributed by atoms with Crippen molar-refractivity contribution in [2.75, 3.05) is 39.6 Å². The lowest BCUT2D eigenvalue weighted by atomic mass is 9.93. The van der Waals surface area contributed by atoms with E-state index in [1.807, 2.05) is 0 Å². The molecule has 0 aromatic heterocycles. The van der Waals surface area contributed by atoms with Crippen LogP contribution >= 0.6 is 0 Å². The summed E-state index contributed by atoms with van der Waals surface area (Å²) in [5.74, 6) is -3.26. The van der Waals surface area contributed by atoms with Crippen molar-refractivity contribution < 1.29 is 214 Å². The Morgan fingerprint density at radius 2 is 0.562 bits per heavy atom. The maximum Gasteiger partial charge on any atom is 0.397 e. The maximum atomic E-state index is 13.0. The number of amides is 3. The van der Waals surface area contributed by atoms with E-state index in [2.05, 4.69) is 36.9 Å². The van der Waals surface area contributed by atoms with E-state index in [-0.39, 0.29) is 0 Å². The molecular weight excluding hydrogens is 1440 g/mol. The molecule has 0 aromatic carbocycles. The second-order valence-electron chi connectivity index (χ2n) is 21.6. The third kappa shape index (κ3) is 22.4. The SMILES string of the molecule is CC(=O)N[C@H]1[C@H](O[C@H]2[C@@H](O)[C@@H](COS(=O)(=O)O)O[C@@H](O[C@H]3[C@H](O)[C@@H](NC(C)=O)[C@H](O[C@@H]4[C@@H](O)[C@H](O)O[C@H](CO)[C@@H]4O)O[C@@H]3COS(=O)(=O)O)[C@@H]2O)O[C@H](COS(=O)(=O)O)[C@@H](O[C@@H]2O[C@H](COS(=O)(=O)O)[C@H](O)[C@@H](O[C@@H]3O[C@H](COS(=O)(=O)O)[C@@H](O)[C@H](O)[C@H]3NC(C)=O)[C@H]2O)[C@@H]1O. The van der Waals surface area contributed by atoms with Crippen molar-refractivity contribution in [2.45, 2.75) is 205 Å². The summed E-state index contributed by atoms with van der Waals surface area (Å²) < 4.78 is 249. The summed E-state index contributed by atoms with van der Waals surface area (Å²) in [6.07, 6.45) is -64.1. The van der Waals surface area contributed by atoms with Crippen molar-refractivity contribution in [3.8, 4) is 0 Å². The summed E-state index contributed by atoms with van der Waals surface area (Å²) in [6.45, 7) is -6.07. The van der Waals surface area contributed by atoms with E-state index in [4.69, 9.17) is 56.7 Å². The van der Waals surface area contributed by atoms with Gasteiger partial charge in [-0.15, -0.1) is 0 Å². The van der Waals surface area contributed by atoms with Crippen molar-refractivity contribution >= 4 is 69.7 Å². The molecule has 6 aliphatic rings. The molecule has 3 amide bonds. The molecule has 6 aliphatic heterocycles. The number of aliphatic hydroxyl groups excluding tert-OH is 12. The van der Waals surface area contributed by atoms with Crippen molar-refractivity contribution in [1.29, 1.82) is 0 Å². The molecule has 6 rings (SSSR count). The number of rotatable bonds is 29. The highest BCUT2D eigenvalue weighted by Gasteiger charge is 2.59. The van der Waals surface area contributed by atoms with Crippen molar-refractivity contribution in [2.24, 2.45) is 0 Å². The lowest BCUT2D eigenvalue weighted by Crippen LogP contribution is -2.71. The highest BCUT2D eigenvalue weighted by atomic mass is 32.3. The smallest absolute Gasteiger partial charge is 0.394 e. The third-order valence-corrected chi connectivity index (χ3v) is 16.8. The van der Waals surface area contributed by atoms with Crippen LogP contribution in [0.3, 0.4) is 0 Å². The Morgan fingerprint density at radius 1 is 0.312 bits per heavy atom. The first-order valence-electron chi connectivity index (χ1n) is 27.4. The van der Waals surface area contributed by atoms with E-state index < -0.39 is 293 Å². The zero-order valence-corrected chi connectivity index (χ0v) is 53.1. The lowest BCUT2D eigenvalue weighted by molar-refractivity contribution is -0.384. The fourth-order valence-electron chi connectivity index (χ4n) is 10.4. The molecule has 30 atom stereocenters. The number of aliphatic hydroxyl groups is 12. The average molecular weight is 1510 g/mol. The number of nitrogens with one attached hydrogen (secondary N) is 3. The molecule has 560 valence electrons. The van der Waals surface area contributed by atoms with Gasteiger partial charge in [0.1, 0.15) is 146 Å². The Morgan fingerprint density at radius 3 is 0.865 bits per heavy atom. The molecule has 6 fully saturated rings. The van der Waals surface area contributed by atoms with Crippen LogP contribution in [0, 0.1) is 0 Å². The van der Waals surface area contributed by atoms with Crippen LogP contribution in [0.1, 0.15) is 20.8 Å². The van der Waals surface area contributed by atoms with Crippen LogP contribution < -0.4 is 16.0 Å². The Balaban J connectivity index is 1.38. The monoisotopic (exact) mass is 1510 g/mol. The van der Waals surface area contributed by atoms with Crippen molar-refractivity contribution in [1.82, 2.24) is 16.0 Å². The van der Waals surface area contributed by atoms with Gasteiger partial charge in [-0.3, -0.25) is 37.1 Å². The molecule has 0 aromatic rings. The van der Waals surface area contributed by atoms with Crippen LogP contribution in [0.5, 0.6) is 0 Å². The van der Waals surface area contributed by atoms with Crippen LogP contribution in [-0.2, 0) is 139 Å². The molecule has 0 bridgehead atoms. The van der Waals surface area contributed by atoms with Crippen molar-refractivity contribution in [3.05, 3.63) is 0 Å². The summed E-state index contributed by atoms with van der Waals surface area (Å²) >= 11 is 0. The third-order valence-electron chi connectivity index (χ3n) is 14.6. The number of hydrogen-bond acceptors (Lipinski definition) is 41. The largest absolute Gasteiger partial charge is 0.397 e. The van der Waals surface area contributed by atoms with Gasteiger partial charge in [0, 0.05) is 20.8 Å². The molecule has 0 saturated carbocycles. The zero-order chi connectivity index (χ0) is 72.2. The minimum Gasteiger partial charge on any atom is -0.394 e. The van der Waals surface area contributed by atoms with Crippen LogP contribution in [0.15, 0.2) is 0 Å². The highest BCUT2D eigenvalue weighted by Crippen LogP contribution is 2.38. The summed E-state index contributed by atoms with van der Waals surface area (Å²) in [5, 5.41) is 141. The molecule has 0 unspecified atom stereocenters. The van der Waals surface area contributed by atoms with Gasteiger partial charge in [-0.05, 0) is 0 Å². The molecule has 6 saturated heterocycles. The van der Waals surface area contributed by atoms with E-state index in [1.54, 1.807) is 0 Å². The lowest BCUT2D eigenvalue weighted by Gasteiger charge is -2.51. The molecule has 96 heavy (non-hydrogen) atoms. The maximum absolute atomic E-state index is 13.0. The van der Waals surface area contributed by atoms with Gasteiger partial charge in [-0.25, -0.2) is 20.9 Å². The van der Waals surface area contributed by atoms with Gasteiger partial charge in [-0.1, -0.05) is 0 Å². The molecular formula is C42H71N3O46S5. The Labute approximate surface area is 541 Å². The standard InChI is InChI=1S/C42H71N3O46S5/c1-10(47)43-19-26(54)22(50)14(5-76-92(61,62)63)82-38(19)90-35-24(52)15(6-77-93(64,65)66)83-41(30(35)58)88-33-18(9-80-96(73,74)75)86-40(21(28(33)56)45-12(3)49)91-36-25(53)16(7-78-94(67,68)69)84-42(31(36)59)87-32-17(8-79-95(70,71)72)85-39(20(27(32)55)44-11(2)48)89-34-23(51)13(4-46)81-37(60)29(34)57/h13-42,46,50-60H,4-9H2,1-3H3,(H,43,47)(H,44,48)(H,45,49)(H,61,62,63)(H,64,65,66)(H,67,68,69)(H,70,71,72)(H,73,74,75)/t13-,14-,15-,16-,17-,18-,19-,20-,21-,22-,23+,24+,25+,26-,27-,28-,29-,30-,31-,32-,33-,34+,35-,36+,37-,38+,39+,40+,41+,42+/m1/s1. The number of ether oxygens (including phenoxy) is 11. The molecule has 6 heterocycles. The average Bonchev–Trinajstić information content (AvgIpc) is 0.777. The van der Waals surface area contributed by atoms with Crippen LogP contribution in [-0.4, -0.2) is 368 Å². The van der Waals surface area contributed by atoms with E-state index in [0.29, 0.717) is 0 Å². The number of carbonyl (C=O) groups is 3. The fraction of sp³-hybridized carbons (Fsp3) is 0.929. The van der Waals surface area contributed by atoms with Gasteiger partial charge in [0.15, 0.2) is 37.7 Å². The summed E-state index contributed by atoms with van der Waals surface area (Å²) in [4.78, 5) is 37.9. The van der Waals surface area contributed by atoms with Crippen LogP contribution in [0.2, 0.25) is 0 Å². The van der Waals surface area contributed by atoms with Gasteiger partial charge in [0.2, 0.25) is 17.7 Å². The number of carbonyl (C=O) groups excluding carboxylic acids is 3. The second kappa shape index (κ2) is 33.3. The van der Waals surface area contributed by atoms with Crippen molar-refractivity contribution in [3.63, 3.8) is 0 Å². The van der Waals surface area contributed by atoms with E-state index >= 15 is 0 Å². The molecule has 0 radical (unpaired) electrons. The minimum atomic E-state index is -5.66. The van der Waals surface area contributed by atoms with Gasteiger partial charge in [0.25, 0.3) is 0 Å². The summed E-state index contributed by atoms with van der Waals surface area (Å²) in [5.41, 5.74) is 0. The first-order chi connectivity index (χ1) is 44.2. The van der Waals surface area contributed by atoms with Gasteiger partial charge in [-0.2, -0.15) is 42.1 Å². The van der Waals surface area contributed by atoms with Gasteiger partial charge >= 0.3 is 52.0 Å². The predicted octanol–water partition coefficient (Wildman–Crippen LogP) is -14.5.